The van der Waals surface area contributed by atoms with Crippen LogP contribution in [0.4, 0.5) is 0 Å². The molecule has 2 N–H and O–H groups in total. The Morgan fingerprint density at radius 1 is 1.33 bits per heavy atom. The first-order valence-corrected chi connectivity index (χ1v) is 9.26. The van der Waals surface area contributed by atoms with Crippen molar-refractivity contribution in [3.8, 4) is 5.88 Å². The Bertz CT molecular complexity index is 699. The van der Waals surface area contributed by atoms with Crippen LogP contribution in [0.25, 0.3) is 10.2 Å². The number of pyridine rings is 1. The molecule has 2 aliphatic rings. The summed E-state index contributed by atoms with van der Waals surface area (Å²) in [6.45, 7) is 2.42. The minimum Gasteiger partial charge on any atom is -0.474 e. The molecule has 3 heterocycles. The van der Waals surface area contributed by atoms with E-state index in [1.807, 2.05) is 18.2 Å². The molecule has 4 rings (SSSR count). The standard InChI is InChI=1S/C17H20N2O2S.CH5N/c1-19-6-4-17(5-7-19)9-13(10-17)21-15-3-2-12-8-14(11-20)22-16(12)18-15;1-2/h2-3,8,11,13H,4-7,9-10H2,1H3;2H2,1H3. The summed E-state index contributed by atoms with van der Waals surface area (Å²) in [7, 11) is 3.70. The third kappa shape index (κ3) is 3.45. The maximum absolute atomic E-state index is 10.8. The second-order valence-electron chi connectivity index (χ2n) is 6.76. The van der Waals surface area contributed by atoms with E-state index < -0.39 is 0 Å². The zero-order valence-electron chi connectivity index (χ0n) is 14.3. The van der Waals surface area contributed by atoms with Crippen molar-refractivity contribution in [2.45, 2.75) is 31.8 Å². The first kappa shape index (κ1) is 17.3. The Morgan fingerprint density at radius 3 is 2.71 bits per heavy atom. The number of aromatic nitrogens is 1. The van der Waals surface area contributed by atoms with Crippen molar-refractivity contribution in [1.82, 2.24) is 9.88 Å². The zero-order valence-corrected chi connectivity index (χ0v) is 15.1. The zero-order chi connectivity index (χ0) is 17.2. The number of hydrogen-bond acceptors (Lipinski definition) is 6. The van der Waals surface area contributed by atoms with E-state index in [1.54, 1.807) is 0 Å². The molecule has 2 aromatic rings. The maximum Gasteiger partial charge on any atom is 0.214 e. The van der Waals surface area contributed by atoms with Crippen molar-refractivity contribution in [3.63, 3.8) is 0 Å². The van der Waals surface area contributed by atoms with E-state index in [-0.39, 0.29) is 0 Å². The molecule has 0 amide bonds. The molecule has 0 atom stereocenters. The van der Waals surface area contributed by atoms with Crippen molar-refractivity contribution in [2.75, 3.05) is 27.2 Å². The SMILES string of the molecule is CN.CN1CCC2(CC1)CC(Oc1ccc3cc(C=O)sc3n1)C2. The number of fused-ring (bicyclic) bond motifs is 1. The lowest BCUT2D eigenvalue weighted by atomic mass is 9.61. The lowest BCUT2D eigenvalue weighted by molar-refractivity contribution is -0.0531. The van der Waals surface area contributed by atoms with Crippen molar-refractivity contribution < 1.29 is 9.53 Å². The maximum atomic E-state index is 10.8. The van der Waals surface area contributed by atoms with Gasteiger partial charge in [0.2, 0.25) is 5.88 Å². The van der Waals surface area contributed by atoms with Crippen molar-refractivity contribution in [3.05, 3.63) is 23.1 Å². The molecule has 24 heavy (non-hydrogen) atoms. The van der Waals surface area contributed by atoms with E-state index in [9.17, 15) is 4.79 Å². The molecule has 1 saturated heterocycles. The number of ether oxygens (including phenoxy) is 1. The average molecular weight is 347 g/mol. The summed E-state index contributed by atoms with van der Waals surface area (Å²) in [6.07, 6.45) is 6.09. The van der Waals surface area contributed by atoms with Crippen molar-refractivity contribution in [2.24, 2.45) is 11.1 Å². The highest BCUT2D eigenvalue weighted by molar-refractivity contribution is 7.20. The normalized spacial score (nSPS) is 20.3. The van der Waals surface area contributed by atoms with Gasteiger partial charge in [-0.1, -0.05) is 0 Å². The molecule has 0 radical (unpaired) electrons. The molecule has 0 aromatic carbocycles. The van der Waals surface area contributed by atoms with Crippen molar-refractivity contribution >= 4 is 27.8 Å². The minimum atomic E-state index is 0.304. The summed E-state index contributed by atoms with van der Waals surface area (Å²) >= 11 is 1.42. The van der Waals surface area contributed by atoms with Crippen LogP contribution in [0.5, 0.6) is 5.88 Å². The van der Waals surface area contributed by atoms with Crippen LogP contribution in [-0.2, 0) is 0 Å². The molecular formula is C18H25N3O2S. The Morgan fingerprint density at radius 2 is 2.04 bits per heavy atom. The van der Waals surface area contributed by atoms with Gasteiger partial charge in [0.25, 0.3) is 0 Å². The van der Waals surface area contributed by atoms with Gasteiger partial charge in [0.05, 0.1) is 4.88 Å². The van der Waals surface area contributed by atoms with Gasteiger partial charge in [-0.3, -0.25) is 4.79 Å². The summed E-state index contributed by atoms with van der Waals surface area (Å²) in [5, 5.41) is 1.01. The van der Waals surface area contributed by atoms with Crippen LogP contribution in [0.1, 0.15) is 35.4 Å². The monoisotopic (exact) mass is 347 g/mol. The van der Waals surface area contributed by atoms with Gasteiger partial charge >= 0.3 is 0 Å². The van der Waals surface area contributed by atoms with Crippen molar-refractivity contribution in [1.29, 1.82) is 0 Å². The van der Waals surface area contributed by atoms with Gasteiger partial charge in [0.1, 0.15) is 10.9 Å². The largest absolute Gasteiger partial charge is 0.474 e. The minimum absolute atomic E-state index is 0.304. The van der Waals surface area contributed by atoms with Gasteiger partial charge in [-0.15, -0.1) is 11.3 Å². The van der Waals surface area contributed by atoms with Gasteiger partial charge in [-0.2, -0.15) is 0 Å². The number of piperidine rings is 1. The lowest BCUT2D eigenvalue weighted by Gasteiger charge is -2.51. The Labute approximate surface area is 146 Å². The Kier molecular flexibility index (Phi) is 5.18. The third-order valence-corrected chi connectivity index (χ3v) is 6.12. The van der Waals surface area contributed by atoms with E-state index in [2.05, 4.69) is 22.7 Å². The predicted molar refractivity (Wildman–Crippen MR) is 97.9 cm³/mol. The van der Waals surface area contributed by atoms with Crippen LogP contribution >= 0.6 is 11.3 Å². The molecule has 1 saturated carbocycles. The van der Waals surface area contributed by atoms with Crippen LogP contribution in [0.15, 0.2) is 18.2 Å². The Balaban J connectivity index is 0.000000815. The van der Waals surface area contributed by atoms with Crippen LogP contribution in [0.3, 0.4) is 0 Å². The number of carbonyl (C=O) groups is 1. The van der Waals surface area contributed by atoms with Crippen LogP contribution in [0.2, 0.25) is 0 Å². The van der Waals surface area contributed by atoms with Gasteiger partial charge in [-0.05, 0) is 70.4 Å². The quantitative estimate of drug-likeness (QED) is 0.865. The van der Waals surface area contributed by atoms with E-state index in [0.29, 0.717) is 22.3 Å². The fraction of sp³-hybridized carbons (Fsp3) is 0.556. The third-order valence-electron chi connectivity index (χ3n) is 5.15. The fourth-order valence-corrected chi connectivity index (χ4v) is 4.54. The highest BCUT2D eigenvalue weighted by Gasteiger charge is 2.46. The van der Waals surface area contributed by atoms with Crippen LogP contribution in [0, 0.1) is 5.41 Å². The first-order valence-electron chi connectivity index (χ1n) is 8.45. The smallest absolute Gasteiger partial charge is 0.214 e. The van der Waals surface area contributed by atoms with Gasteiger partial charge in [0, 0.05) is 11.5 Å². The molecular weight excluding hydrogens is 322 g/mol. The second-order valence-corrected chi connectivity index (χ2v) is 7.82. The molecule has 5 nitrogen and oxygen atoms in total. The van der Waals surface area contributed by atoms with Gasteiger partial charge in [0.15, 0.2) is 6.29 Å². The highest BCUT2D eigenvalue weighted by Crippen LogP contribution is 2.50. The number of aldehydes is 1. The number of carbonyl (C=O) groups excluding carboxylic acids is 1. The molecule has 1 aliphatic carbocycles. The highest BCUT2D eigenvalue weighted by atomic mass is 32.1. The molecule has 0 bridgehead atoms. The fourth-order valence-electron chi connectivity index (χ4n) is 3.71. The number of nitrogens with two attached hydrogens (primary N) is 1. The molecule has 6 heteroatoms. The lowest BCUT2D eigenvalue weighted by Crippen LogP contribution is -2.50. The van der Waals surface area contributed by atoms with Crippen LogP contribution < -0.4 is 10.5 Å². The van der Waals surface area contributed by atoms with E-state index in [4.69, 9.17) is 4.74 Å². The average Bonchev–Trinajstić information content (AvgIpc) is 3.00. The number of likely N-dealkylation sites (tertiary alicyclic amines) is 1. The van der Waals surface area contributed by atoms with E-state index in [0.717, 1.165) is 29.3 Å². The number of hydrogen-bond donors (Lipinski definition) is 1. The summed E-state index contributed by atoms with van der Waals surface area (Å²) in [5.41, 5.74) is 5.02. The van der Waals surface area contributed by atoms with E-state index >= 15 is 0 Å². The van der Waals surface area contributed by atoms with Gasteiger partial charge < -0.3 is 15.4 Å². The molecule has 2 aromatic heterocycles. The number of nitrogens with zero attached hydrogens (tertiary/aromatic N) is 2. The van der Waals surface area contributed by atoms with Gasteiger partial charge in [-0.25, -0.2) is 4.98 Å². The second kappa shape index (κ2) is 7.17. The first-order chi connectivity index (χ1) is 11.7. The topological polar surface area (TPSA) is 68.4 Å². The predicted octanol–water partition coefficient (Wildman–Crippen LogP) is 2.94. The number of rotatable bonds is 3. The summed E-state index contributed by atoms with van der Waals surface area (Å²) in [4.78, 5) is 19.4. The summed E-state index contributed by atoms with van der Waals surface area (Å²) in [5.74, 6) is 0.694. The molecule has 0 unspecified atom stereocenters. The Hall–Kier alpha value is -1.50. The molecule has 2 fully saturated rings. The molecule has 130 valence electrons. The van der Waals surface area contributed by atoms with E-state index in [1.165, 1.54) is 44.3 Å². The van der Waals surface area contributed by atoms with Crippen LogP contribution in [-0.4, -0.2) is 49.5 Å². The summed E-state index contributed by atoms with van der Waals surface area (Å²) in [6, 6.07) is 5.79. The molecule has 1 aliphatic heterocycles. The summed E-state index contributed by atoms with van der Waals surface area (Å²) < 4.78 is 6.05. The molecule has 1 spiro atoms. The number of thiophene rings is 1.